The lowest BCUT2D eigenvalue weighted by Crippen LogP contribution is -2.61. The molecule has 4 aliphatic carbocycles. The molecule has 0 radical (unpaired) electrons. The molecule has 0 saturated heterocycles. The number of methoxy groups -OCH3 is 2. The first-order chi connectivity index (χ1) is 16.1. The minimum Gasteiger partial charge on any atom is -0.468 e. The van der Waals surface area contributed by atoms with E-state index < -0.39 is 17.9 Å². The van der Waals surface area contributed by atoms with Crippen LogP contribution in [0.2, 0.25) is 0 Å². The molecule has 9 atom stereocenters. The molecule has 4 saturated carbocycles. The Hall–Kier alpha value is -1.43. The summed E-state index contributed by atoms with van der Waals surface area (Å²) in [6.45, 7) is 6.99. The molecular weight excluding hydrogens is 432 g/mol. The van der Waals surface area contributed by atoms with Crippen LogP contribution in [-0.4, -0.2) is 43.2 Å². The Kier molecular flexibility index (Phi) is 7.21. The molecule has 1 N–H and O–H groups in total. The molecule has 4 unspecified atom stereocenters. The van der Waals surface area contributed by atoms with Crippen molar-refractivity contribution in [1.82, 2.24) is 0 Å². The number of hydrogen-bond donors (Lipinski definition) is 1. The Morgan fingerprint density at radius 1 is 1.00 bits per heavy atom. The van der Waals surface area contributed by atoms with Crippen LogP contribution in [0.5, 0.6) is 0 Å². The van der Waals surface area contributed by atoms with Crippen molar-refractivity contribution in [1.29, 1.82) is 0 Å². The maximum absolute atomic E-state index is 12.4. The van der Waals surface area contributed by atoms with Gasteiger partial charge in [-0.1, -0.05) is 27.2 Å². The number of hydrogen-bond acceptors (Lipinski definition) is 6. The fourth-order valence-electron chi connectivity index (χ4n) is 9.33. The van der Waals surface area contributed by atoms with Crippen LogP contribution in [0.3, 0.4) is 0 Å². The summed E-state index contributed by atoms with van der Waals surface area (Å²) in [5, 5.41) is 11.7. The first kappa shape index (κ1) is 25.7. The van der Waals surface area contributed by atoms with Gasteiger partial charge in [0.25, 0.3) is 0 Å². The number of rotatable bonds is 6. The summed E-state index contributed by atoms with van der Waals surface area (Å²) >= 11 is 0. The van der Waals surface area contributed by atoms with Crippen molar-refractivity contribution >= 4 is 17.7 Å². The van der Waals surface area contributed by atoms with Crippen molar-refractivity contribution in [2.75, 3.05) is 14.2 Å². The lowest BCUT2D eigenvalue weighted by Gasteiger charge is -2.64. The maximum Gasteiger partial charge on any atom is 0.320 e. The van der Waals surface area contributed by atoms with Crippen LogP contribution in [-0.2, 0) is 23.9 Å². The molecule has 0 aromatic carbocycles. The van der Waals surface area contributed by atoms with Gasteiger partial charge >= 0.3 is 11.9 Å². The second-order valence-electron chi connectivity index (χ2n) is 12.2. The average Bonchev–Trinajstić information content (AvgIpc) is 3.16. The normalized spacial score (nSPS) is 43.6. The second kappa shape index (κ2) is 9.55. The molecule has 0 heterocycles. The molecule has 0 amide bonds. The summed E-state index contributed by atoms with van der Waals surface area (Å²) in [6.07, 6.45) is 8.49. The van der Waals surface area contributed by atoms with Crippen LogP contribution in [0.4, 0.5) is 0 Å². The summed E-state index contributed by atoms with van der Waals surface area (Å²) in [6, 6.07) is 0. The minimum atomic E-state index is -0.863. The molecular formula is C28H44O6. The SMILES string of the molecule is CC[C@@H]1[C@@H](O)C2C3CCC(CCC(C(=O)OC)C(=O)OC)[C@@]3(C)CCC2[C@@]2(C)CCC(=O)C[C@@H]12. The fourth-order valence-corrected chi connectivity index (χ4v) is 9.33. The highest BCUT2D eigenvalue weighted by Crippen LogP contribution is 2.69. The van der Waals surface area contributed by atoms with E-state index in [0.717, 1.165) is 44.9 Å². The van der Waals surface area contributed by atoms with Crippen molar-refractivity contribution in [3.05, 3.63) is 0 Å². The van der Waals surface area contributed by atoms with E-state index >= 15 is 0 Å². The lowest BCUT2D eigenvalue weighted by atomic mass is 9.41. The minimum absolute atomic E-state index is 0.102. The van der Waals surface area contributed by atoms with E-state index in [4.69, 9.17) is 9.47 Å². The lowest BCUT2D eigenvalue weighted by molar-refractivity contribution is -0.193. The van der Waals surface area contributed by atoms with E-state index in [9.17, 15) is 19.5 Å². The third-order valence-electron chi connectivity index (χ3n) is 11.2. The van der Waals surface area contributed by atoms with Crippen LogP contribution in [0.1, 0.15) is 85.0 Å². The molecule has 4 fully saturated rings. The van der Waals surface area contributed by atoms with Crippen LogP contribution in [0, 0.1) is 52.3 Å². The largest absolute Gasteiger partial charge is 0.468 e. The van der Waals surface area contributed by atoms with Crippen LogP contribution < -0.4 is 0 Å². The van der Waals surface area contributed by atoms with Gasteiger partial charge in [-0.15, -0.1) is 0 Å². The monoisotopic (exact) mass is 476 g/mol. The molecule has 0 aromatic heterocycles. The molecule has 6 heteroatoms. The quantitative estimate of drug-likeness (QED) is 0.446. The molecule has 0 bridgehead atoms. The van der Waals surface area contributed by atoms with E-state index in [1.165, 1.54) is 14.2 Å². The van der Waals surface area contributed by atoms with E-state index in [0.29, 0.717) is 48.7 Å². The Morgan fingerprint density at radius 3 is 2.26 bits per heavy atom. The van der Waals surface area contributed by atoms with Gasteiger partial charge in [0.1, 0.15) is 5.78 Å². The molecule has 4 aliphatic rings. The summed E-state index contributed by atoms with van der Waals surface area (Å²) in [4.78, 5) is 36.8. The third-order valence-corrected chi connectivity index (χ3v) is 11.2. The van der Waals surface area contributed by atoms with Gasteiger partial charge < -0.3 is 14.6 Å². The third kappa shape index (κ3) is 3.92. The van der Waals surface area contributed by atoms with Crippen molar-refractivity contribution in [3.8, 4) is 0 Å². The molecule has 0 spiro atoms. The van der Waals surface area contributed by atoms with Crippen LogP contribution in [0.15, 0.2) is 0 Å². The number of aliphatic hydroxyl groups excluding tert-OH is 1. The molecule has 0 aromatic rings. The summed E-state index contributed by atoms with van der Waals surface area (Å²) in [5.41, 5.74) is 0.240. The number of ether oxygens (including phenoxy) is 2. The molecule has 34 heavy (non-hydrogen) atoms. The Bertz CT molecular complexity index is 793. The van der Waals surface area contributed by atoms with E-state index in [-0.39, 0.29) is 28.8 Å². The fraction of sp³-hybridized carbons (Fsp3) is 0.893. The first-order valence-corrected chi connectivity index (χ1v) is 13.5. The van der Waals surface area contributed by atoms with Gasteiger partial charge in [0.15, 0.2) is 5.92 Å². The number of esters is 2. The number of aliphatic hydroxyl groups is 1. The van der Waals surface area contributed by atoms with Crippen LogP contribution in [0.25, 0.3) is 0 Å². The van der Waals surface area contributed by atoms with Gasteiger partial charge in [-0.25, -0.2) is 0 Å². The Balaban J connectivity index is 1.56. The van der Waals surface area contributed by atoms with Gasteiger partial charge in [0, 0.05) is 12.8 Å². The van der Waals surface area contributed by atoms with Crippen molar-refractivity contribution < 1.29 is 29.0 Å². The van der Waals surface area contributed by atoms with Crippen molar-refractivity contribution in [2.45, 2.75) is 91.1 Å². The number of carbonyl (C=O) groups is 3. The standard InChI is InChI=1S/C28H44O6/c1-6-18-22-15-17(29)11-13-28(22,3)21-12-14-27(2)16(8-10-20(27)23(21)24(18)30)7-9-19(25(31)33-4)26(32)34-5/h16,18-24,30H,6-15H2,1-5H3/t16?,18-,20?,21?,22-,23?,24+,27+,28+/m0/s1. The first-order valence-electron chi connectivity index (χ1n) is 13.5. The summed E-state index contributed by atoms with van der Waals surface area (Å²) < 4.78 is 9.73. The van der Waals surface area contributed by atoms with Crippen molar-refractivity contribution in [2.24, 2.45) is 52.3 Å². The number of carbonyl (C=O) groups excluding carboxylic acids is 3. The van der Waals surface area contributed by atoms with E-state index in [2.05, 4.69) is 20.8 Å². The van der Waals surface area contributed by atoms with E-state index in [1.54, 1.807) is 0 Å². The van der Waals surface area contributed by atoms with Crippen LogP contribution >= 0.6 is 0 Å². The smallest absolute Gasteiger partial charge is 0.320 e. The van der Waals surface area contributed by atoms with E-state index in [1.807, 2.05) is 0 Å². The molecule has 4 rings (SSSR count). The van der Waals surface area contributed by atoms with Gasteiger partial charge in [0.2, 0.25) is 0 Å². The van der Waals surface area contributed by atoms with Gasteiger partial charge in [0.05, 0.1) is 20.3 Å². The maximum atomic E-state index is 12.4. The zero-order valence-electron chi connectivity index (χ0n) is 21.7. The van der Waals surface area contributed by atoms with Gasteiger partial charge in [-0.05, 0) is 91.3 Å². The highest BCUT2D eigenvalue weighted by molar-refractivity contribution is 5.94. The zero-order valence-corrected chi connectivity index (χ0v) is 21.7. The highest BCUT2D eigenvalue weighted by Gasteiger charge is 2.64. The number of fused-ring (bicyclic) bond motifs is 5. The highest BCUT2D eigenvalue weighted by atomic mass is 16.5. The zero-order chi connectivity index (χ0) is 24.8. The Labute approximate surface area is 204 Å². The van der Waals surface area contributed by atoms with Gasteiger partial charge in [-0.2, -0.15) is 0 Å². The molecule has 0 aliphatic heterocycles. The molecule has 192 valence electrons. The average molecular weight is 477 g/mol. The topological polar surface area (TPSA) is 89.9 Å². The summed E-state index contributed by atoms with van der Waals surface area (Å²) in [5.74, 6) is 0.586. The predicted octanol–water partition coefficient (Wildman–Crippen LogP) is 4.56. The second-order valence-corrected chi connectivity index (χ2v) is 12.2. The predicted molar refractivity (Wildman–Crippen MR) is 128 cm³/mol. The molecule has 6 nitrogen and oxygen atoms in total. The Morgan fingerprint density at radius 2 is 1.65 bits per heavy atom. The van der Waals surface area contributed by atoms with Gasteiger partial charge in [-0.3, -0.25) is 14.4 Å². The number of Topliss-reactive ketones (excluding diaryl/α,β-unsaturated/α-hetero) is 1. The number of ketones is 1. The van der Waals surface area contributed by atoms with Crippen molar-refractivity contribution in [3.63, 3.8) is 0 Å². The summed E-state index contributed by atoms with van der Waals surface area (Å²) in [7, 11) is 2.63.